The van der Waals surface area contributed by atoms with E-state index in [0.29, 0.717) is 27.4 Å². The molecule has 2 rings (SSSR count). The summed E-state index contributed by atoms with van der Waals surface area (Å²) >= 11 is 12.8. The van der Waals surface area contributed by atoms with Gasteiger partial charge in [-0.15, -0.1) is 0 Å². The monoisotopic (exact) mass is 399 g/mol. The van der Waals surface area contributed by atoms with Crippen LogP contribution >= 0.6 is 43.5 Å². The van der Waals surface area contributed by atoms with E-state index in [9.17, 15) is 0 Å². The molecule has 0 atom stereocenters. The van der Waals surface area contributed by atoms with Gasteiger partial charge in [0, 0.05) is 9.80 Å². The Kier molecular flexibility index (Phi) is 4.87. The highest BCUT2D eigenvalue weighted by Crippen LogP contribution is 2.33. The summed E-state index contributed by atoms with van der Waals surface area (Å²) in [5.41, 5.74) is 1.50. The summed E-state index contributed by atoms with van der Waals surface area (Å²) in [5.74, 6) is 1.01. The largest absolute Gasteiger partial charge is 0.454 e. The van der Waals surface area contributed by atoms with E-state index in [0.717, 1.165) is 10.0 Å². The lowest BCUT2D eigenvalue weighted by Crippen LogP contribution is -1.91. The third-order valence-corrected chi connectivity index (χ3v) is 3.88. The molecular formula is C14H8Br2ClNO. The molecule has 0 aliphatic rings. The van der Waals surface area contributed by atoms with Crippen LogP contribution in [0.25, 0.3) is 0 Å². The summed E-state index contributed by atoms with van der Waals surface area (Å²) in [7, 11) is 0. The third kappa shape index (κ3) is 3.50. The minimum atomic E-state index is 0.480. The molecule has 0 N–H and O–H groups in total. The average molecular weight is 401 g/mol. The maximum absolute atomic E-state index is 9.15. The predicted octanol–water partition coefficient (Wildman–Crippen LogP) is 5.66. The van der Waals surface area contributed by atoms with Gasteiger partial charge in [-0.2, -0.15) is 5.26 Å². The number of benzene rings is 2. The number of halogens is 3. The van der Waals surface area contributed by atoms with E-state index < -0.39 is 0 Å². The molecule has 0 radical (unpaired) electrons. The number of ether oxygens (including phenoxy) is 1. The summed E-state index contributed by atoms with van der Waals surface area (Å²) in [6, 6.07) is 12.9. The normalized spacial score (nSPS) is 10.0. The topological polar surface area (TPSA) is 33.0 Å². The first kappa shape index (κ1) is 14.4. The maximum atomic E-state index is 9.15. The number of hydrogen-bond donors (Lipinski definition) is 0. The van der Waals surface area contributed by atoms with Gasteiger partial charge in [-0.05, 0) is 35.9 Å². The van der Waals surface area contributed by atoms with Gasteiger partial charge in [0.25, 0.3) is 0 Å². The lowest BCUT2D eigenvalue weighted by molar-refractivity contribution is 0.481. The second-order valence-electron chi connectivity index (χ2n) is 3.75. The van der Waals surface area contributed by atoms with Crippen molar-refractivity contribution in [2.45, 2.75) is 5.33 Å². The second-order valence-corrected chi connectivity index (χ2v) is 5.64. The van der Waals surface area contributed by atoms with Gasteiger partial charge in [0.15, 0.2) is 0 Å². The first-order valence-corrected chi connectivity index (χ1v) is 7.65. The number of nitriles is 1. The summed E-state index contributed by atoms with van der Waals surface area (Å²) in [6.45, 7) is 0. The molecule has 0 saturated heterocycles. The van der Waals surface area contributed by atoms with Crippen LogP contribution in [0.3, 0.4) is 0 Å². The molecule has 96 valence electrons. The summed E-state index contributed by atoms with van der Waals surface area (Å²) in [6.07, 6.45) is 0. The molecule has 0 saturated carbocycles. The zero-order valence-corrected chi connectivity index (χ0v) is 13.6. The first-order valence-electron chi connectivity index (χ1n) is 5.36. The Balaban J connectivity index is 2.38. The van der Waals surface area contributed by atoms with Crippen LogP contribution in [0.1, 0.15) is 11.1 Å². The molecule has 0 aliphatic carbocycles. The Hall–Kier alpha value is -1.02. The van der Waals surface area contributed by atoms with E-state index in [1.54, 1.807) is 24.3 Å². The van der Waals surface area contributed by atoms with E-state index in [1.165, 1.54) is 0 Å². The van der Waals surface area contributed by atoms with Crippen molar-refractivity contribution in [2.24, 2.45) is 0 Å². The SMILES string of the molecule is N#Cc1cc(CBr)ccc1Oc1cc(Br)ccc1Cl. The molecule has 2 aromatic rings. The lowest BCUT2D eigenvalue weighted by atomic mass is 10.1. The smallest absolute Gasteiger partial charge is 0.147 e. The predicted molar refractivity (Wildman–Crippen MR) is 83.0 cm³/mol. The summed E-state index contributed by atoms with van der Waals surface area (Å²) in [4.78, 5) is 0. The van der Waals surface area contributed by atoms with Crippen molar-refractivity contribution in [1.29, 1.82) is 5.26 Å². The molecule has 0 aromatic heterocycles. The molecule has 0 amide bonds. The zero-order chi connectivity index (χ0) is 13.8. The van der Waals surface area contributed by atoms with E-state index in [1.807, 2.05) is 12.1 Å². The molecule has 5 heteroatoms. The molecule has 0 spiro atoms. The average Bonchev–Trinajstić information content (AvgIpc) is 2.43. The molecule has 0 aliphatic heterocycles. The lowest BCUT2D eigenvalue weighted by Gasteiger charge is -2.10. The van der Waals surface area contributed by atoms with Crippen molar-refractivity contribution >= 4 is 43.5 Å². The van der Waals surface area contributed by atoms with Crippen LogP contribution in [-0.4, -0.2) is 0 Å². The Morgan fingerprint density at radius 2 is 1.95 bits per heavy atom. The van der Waals surface area contributed by atoms with Crippen LogP contribution in [-0.2, 0) is 5.33 Å². The van der Waals surface area contributed by atoms with E-state index in [2.05, 4.69) is 37.9 Å². The summed E-state index contributed by atoms with van der Waals surface area (Å²) < 4.78 is 6.58. The molecular weight excluding hydrogens is 393 g/mol. The third-order valence-electron chi connectivity index (χ3n) is 2.43. The first-order chi connectivity index (χ1) is 9.13. The van der Waals surface area contributed by atoms with Gasteiger partial charge < -0.3 is 4.74 Å². The Morgan fingerprint density at radius 3 is 2.63 bits per heavy atom. The van der Waals surface area contributed by atoms with Gasteiger partial charge in [0.1, 0.15) is 17.6 Å². The zero-order valence-electron chi connectivity index (χ0n) is 9.66. The number of hydrogen-bond acceptors (Lipinski definition) is 2. The molecule has 2 aromatic carbocycles. The van der Waals surface area contributed by atoms with Crippen LogP contribution in [0, 0.1) is 11.3 Å². The van der Waals surface area contributed by atoms with Crippen molar-refractivity contribution in [2.75, 3.05) is 0 Å². The van der Waals surface area contributed by atoms with Gasteiger partial charge in [0.05, 0.1) is 10.6 Å². The molecule has 19 heavy (non-hydrogen) atoms. The van der Waals surface area contributed by atoms with Crippen molar-refractivity contribution in [3.63, 3.8) is 0 Å². The minimum absolute atomic E-state index is 0.480. The number of alkyl halides is 1. The van der Waals surface area contributed by atoms with Gasteiger partial charge in [-0.1, -0.05) is 49.5 Å². The van der Waals surface area contributed by atoms with Crippen LogP contribution in [0.2, 0.25) is 5.02 Å². The van der Waals surface area contributed by atoms with Crippen LogP contribution < -0.4 is 4.74 Å². The van der Waals surface area contributed by atoms with E-state index >= 15 is 0 Å². The molecule has 2 nitrogen and oxygen atoms in total. The minimum Gasteiger partial charge on any atom is -0.454 e. The molecule has 0 unspecified atom stereocenters. The highest BCUT2D eigenvalue weighted by molar-refractivity contribution is 9.10. The quantitative estimate of drug-likeness (QED) is 0.622. The van der Waals surface area contributed by atoms with E-state index in [4.69, 9.17) is 21.6 Å². The van der Waals surface area contributed by atoms with E-state index in [-0.39, 0.29) is 0 Å². The Morgan fingerprint density at radius 1 is 1.16 bits per heavy atom. The van der Waals surface area contributed by atoms with Crippen molar-refractivity contribution in [3.05, 3.63) is 57.0 Å². The maximum Gasteiger partial charge on any atom is 0.147 e. The molecule has 0 heterocycles. The fourth-order valence-corrected chi connectivity index (χ4v) is 2.36. The second kappa shape index (κ2) is 6.42. The van der Waals surface area contributed by atoms with Crippen molar-refractivity contribution in [3.8, 4) is 17.6 Å². The number of rotatable bonds is 3. The highest BCUT2D eigenvalue weighted by Gasteiger charge is 2.09. The van der Waals surface area contributed by atoms with Crippen LogP contribution in [0.15, 0.2) is 40.9 Å². The fraction of sp³-hybridized carbons (Fsp3) is 0.0714. The molecule has 0 fully saturated rings. The van der Waals surface area contributed by atoms with Crippen LogP contribution in [0.5, 0.6) is 11.5 Å². The van der Waals surface area contributed by atoms with Crippen LogP contribution in [0.4, 0.5) is 0 Å². The Labute approximate surface area is 133 Å². The molecule has 0 bridgehead atoms. The van der Waals surface area contributed by atoms with Gasteiger partial charge >= 0.3 is 0 Å². The Bertz CT molecular complexity index is 652. The van der Waals surface area contributed by atoms with Crippen molar-refractivity contribution in [1.82, 2.24) is 0 Å². The van der Waals surface area contributed by atoms with Gasteiger partial charge in [-0.3, -0.25) is 0 Å². The van der Waals surface area contributed by atoms with Crippen molar-refractivity contribution < 1.29 is 4.74 Å². The number of nitrogens with zero attached hydrogens (tertiary/aromatic N) is 1. The highest BCUT2D eigenvalue weighted by atomic mass is 79.9. The fourth-order valence-electron chi connectivity index (χ4n) is 1.51. The van der Waals surface area contributed by atoms with Gasteiger partial charge in [-0.25, -0.2) is 0 Å². The standard InChI is InChI=1S/C14H8Br2ClNO/c15-7-9-1-4-13(10(5-9)8-18)19-14-6-11(16)2-3-12(14)17/h1-6H,7H2. The summed E-state index contributed by atoms with van der Waals surface area (Å²) in [5, 5.41) is 10.3. The van der Waals surface area contributed by atoms with Gasteiger partial charge in [0.2, 0.25) is 0 Å².